The Bertz CT molecular complexity index is 1130. The van der Waals surface area contributed by atoms with Crippen molar-refractivity contribution >= 4 is 33.4 Å². The fourth-order valence-electron chi connectivity index (χ4n) is 2.69. The standard InChI is InChI=1S/C17H15N3O7S/c1-26-13-6-11(15(18)21)12(7-14(13)27-2)20-28(24,25)8-3-4-9-10(5-8)17(23)19-16(9)22/h3-7,20H,1-2H3,(H2,18,21)(H,19,22,23). The van der Waals surface area contributed by atoms with Crippen molar-refractivity contribution in [2.45, 2.75) is 4.90 Å². The van der Waals surface area contributed by atoms with Crippen LogP contribution in [-0.4, -0.2) is 40.4 Å². The Kier molecular flexibility index (Phi) is 4.69. The normalized spacial score (nSPS) is 12.9. The fourth-order valence-corrected chi connectivity index (χ4v) is 3.78. The molecule has 146 valence electrons. The minimum absolute atomic E-state index is 0.0599. The number of carbonyl (C=O) groups is 3. The van der Waals surface area contributed by atoms with E-state index in [9.17, 15) is 22.8 Å². The van der Waals surface area contributed by atoms with Crippen molar-refractivity contribution in [2.24, 2.45) is 5.73 Å². The molecule has 0 saturated carbocycles. The fraction of sp³-hybridized carbons (Fsp3) is 0.118. The number of sulfonamides is 1. The molecule has 4 N–H and O–H groups in total. The van der Waals surface area contributed by atoms with Gasteiger partial charge in [0.25, 0.3) is 27.7 Å². The number of rotatable bonds is 6. The summed E-state index contributed by atoms with van der Waals surface area (Å²) in [5.74, 6) is -1.83. The summed E-state index contributed by atoms with van der Waals surface area (Å²) in [5, 5.41) is 2.08. The first-order valence-corrected chi connectivity index (χ1v) is 9.24. The molecule has 0 radical (unpaired) electrons. The third-order valence-electron chi connectivity index (χ3n) is 4.05. The Morgan fingerprint density at radius 1 is 1.00 bits per heavy atom. The van der Waals surface area contributed by atoms with Gasteiger partial charge in [0.1, 0.15) is 0 Å². The summed E-state index contributed by atoms with van der Waals surface area (Å²) < 4.78 is 38.0. The Hall–Kier alpha value is -3.60. The van der Waals surface area contributed by atoms with E-state index in [1.54, 1.807) is 0 Å². The number of nitrogens with one attached hydrogen (secondary N) is 2. The van der Waals surface area contributed by atoms with Crippen LogP contribution in [0.25, 0.3) is 0 Å². The van der Waals surface area contributed by atoms with Crippen LogP contribution in [-0.2, 0) is 10.0 Å². The van der Waals surface area contributed by atoms with Gasteiger partial charge >= 0.3 is 0 Å². The highest BCUT2D eigenvalue weighted by Gasteiger charge is 2.29. The molecular formula is C17H15N3O7S. The number of hydrogen-bond donors (Lipinski definition) is 3. The third kappa shape index (κ3) is 3.22. The predicted molar refractivity (Wildman–Crippen MR) is 97.1 cm³/mol. The van der Waals surface area contributed by atoms with Gasteiger partial charge < -0.3 is 15.2 Å². The lowest BCUT2D eigenvalue weighted by molar-refractivity contribution is 0.0878. The van der Waals surface area contributed by atoms with Gasteiger partial charge in [-0.15, -0.1) is 0 Å². The first kappa shape index (κ1) is 19.2. The molecule has 1 heterocycles. The van der Waals surface area contributed by atoms with Crippen molar-refractivity contribution in [1.82, 2.24) is 5.32 Å². The van der Waals surface area contributed by atoms with Crippen LogP contribution in [0.4, 0.5) is 5.69 Å². The number of primary amides is 1. The summed E-state index contributed by atoms with van der Waals surface area (Å²) in [4.78, 5) is 34.8. The van der Waals surface area contributed by atoms with E-state index in [-0.39, 0.29) is 38.8 Å². The Morgan fingerprint density at radius 2 is 1.61 bits per heavy atom. The number of carbonyl (C=O) groups excluding carboxylic acids is 3. The molecule has 10 nitrogen and oxygen atoms in total. The van der Waals surface area contributed by atoms with Crippen LogP contribution < -0.4 is 25.2 Å². The lowest BCUT2D eigenvalue weighted by Crippen LogP contribution is -2.20. The van der Waals surface area contributed by atoms with E-state index in [2.05, 4.69) is 10.0 Å². The largest absolute Gasteiger partial charge is 0.493 e. The number of anilines is 1. The van der Waals surface area contributed by atoms with Gasteiger partial charge in [0, 0.05) is 6.07 Å². The van der Waals surface area contributed by atoms with E-state index in [0.717, 1.165) is 6.07 Å². The minimum atomic E-state index is -4.22. The quantitative estimate of drug-likeness (QED) is 0.591. The van der Waals surface area contributed by atoms with Crippen LogP contribution in [0, 0.1) is 0 Å². The number of fused-ring (bicyclic) bond motifs is 1. The van der Waals surface area contributed by atoms with Crippen LogP contribution in [0.3, 0.4) is 0 Å². The van der Waals surface area contributed by atoms with Gasteiger partial charge in [-0.25, -0.2) is 8.42 Å². The Morgan fingerprint density at radius 3 is 2.21 bits per heavy atom. The molecule has 0 bridgehead atoms. The third-order valence-corrected chi connectivity index (χ3v) is 5.41. The van der Waals surface area contributed by atoms with Crippen molar-refractivity contribution in [2.75, 3.05) is 18.9 Å². The highest BCUT2D eigenvalue weighted by atomic mass is 32.2. The second-order valence-corrected chi connectivity index (χ2v) is 7.40. The number of benzene rings is 2. The van der Waals surface area contributed by atoms with Gasteiger partial charge in [0.2, 0.25) is 0 Å². The second-order valence-electron chi connectivity index (χ2n) is 5.71. The van der Waals surface area contributed by atoms with Crippen LogP contribution in [0.2, 0.25) is 0 Å². The molecule has 0 unspecified atom stereocenters. The molecule has 0 aromatic heterocycles. The number of methoxy groups -OCH3 is 2. The molecule has 28 heavy (non-hydrogen) atoms. The van der Waals surface area contributed by atoms with Gasteiger partial charge in [-0.05, 0) is 24.3 Å². The molecule has 0 saturated heterocycles. The van der Waals surface area contributed by atoms with Crippen LogP contribution in [0.1, 0.15) is 31.1 Å². The number of hydrogen-bond acceptors (Lipinski definition) is 7. The highest BCUT2D eigenvalue weighted by Crippen LogP contribution is 2.34. The molecule has 3 rings (SSSR count). The number of imide groups is 1. The van der Waals surface area contributed by atoms with Crippen LogP contribution >= 0.6 is 0 Å². The average molecular weight is 405 g/mol. The summed E-state index contributed by atoms with van der Waals surface area (Å²) in [7, 11) is -1.53. The molecule has 0 spiro atoms. The van der Waals surface area contributed by atoms with E-state index in [1.807, 2.05) is 0 Å². The van der Waals surface area contributed by atoms with E-state index in [0.29, 0.717) is 0 Å². The molecular weight excluding hydrogens is 390 g/mol. The molecule has 1 aliphatic heterocycles. The second kappa shape index (κ2) is 6.85. The predicted octanol–water partition coefficient (Wildman–Crippen LogP) is 0.487. The van der Waals surface area contributed by atoms with Crippen molar-refractivity contribution in [1.29, 1.82) is 0 Å². The lowest BCUT2D eigenvalue weighted by Gasteiger charge is -2.15. The smallest absolute Gasteiger partial charge is 0.261 e. The van der Waals surface area contributed by atoms with Crippen molar-refractivity contribution < 1.29 is 32.3 Å². The lowest BCUT2D eigenvalue weighted by atomic mass is 10.1. The summed E-state index contributed by atoms with van der Waals surface area (Å²) in [6.45, 7) is 0. The summed E-state index contributed by atoms with van der Waals surface area (Å²) >= 11 is 0. The maximum absolute atomic E-state index is 12.8. The van der Waals surface area contributed by atoms with E-state index in [4.69, 9.17) is 15.2 Å². The van der Waals surface area contributed by atoms with Gasteiger partial charge in [0.15, 0.2) is 11.5 Å². The summed E-state index contributed by atoms with van der Waals surface area (Å²) in [6.07, 6.45) is 0. The van der Waals surface area contributed by atoms with Gasteiger partial charge in [-0.1, -0.05) is 0 Å². The molecule has 2 aromatic rings. The van der Waals surface area contributed by atoms with Crippen LogP contribution in [0.15, 0.2) is 35.2 Å². The topological polar surface area (TPSA) is 154 Å². The Labute approximate surface area is 159 Å². The molecule has 11 heteroatoms. The van der Waals surface area contributed by atoms with Crippen molar-refractivity contribution in [3.8, 4) is 11.5 Å². The number of amides is 3. The van der Waals surface area contributed by atoms with E-state index >= 15 is 0 Å². The van der Waals surface area contributed by atoms with E-state index < -0.39 is 27.7 Å². The van der Waals surface area contributed by atoms with Gasteiger partial charge in [0.05, 0.1) is 41.5 Å². The van der Waals surface area contributed by atoms with Gasteiger partial charge in [-0.3, -0.25) is 24.4 Å². The average Bonchev–Trinajstić information content (AvgIpc) is 2.94. The molecule has 3 amide bonds. The highest BCUT2D eigenvalue weighted by molar-refractivity contribution is 7.92. The zero-order valence-electron chi connectivity index (χ0n) is 14.7. The molecule has 0 atom stereocenters. The van der Waals surface area contributed by atoms with E-state index in [1.165, 1.54) is 38.5 Å². The number of nitrogens with two attached hydrogens (primary N) is 1. The maximum Gasteiger partial charge on any atom is 0.261 e. The summed E-state index contributed by atoms with van der Waals surface area (Å²) in [6, 6.07) is 5.97. The monoisotopic (exact) mass is 405 g/mol. The molecule has 0 fully saturated rings. The first-order valence-electron chi connectivity index (χ1n) is 7.76. The summed E-state index contributed by atoms with van der Waals surface area (Å²) in [5.41, 5.74) is 5.07. The molecule has 2 aromatic carbocycles. The van der Waals surface area contributed by atoms with Crippen molar-refractivity contribution in [3.05, 3.63) is 47.0 Å². The van der Waals surface area contributed by atoms with Gasteiger partial charge in [-0.2, -0.15) is 0 Å². The van der Waals surface area contributed by atoms with Crippen molar-refractivity contribution in [3.63, 3.8) is 0 Å². The zero-order valence-corrected chi connectivity index (χ0v) is 15.5. The zero-order chi connectivity index (χ0) is 20.6. The van der Waals surface area contributed by atoms with Crippen LogP contribution in [0.5, 0.6) is 11.5 Å². The maximum atomic E-state index is 12.8. The number of ether oxygens (including phenoxy) is 2. The SMILES string of the molecule is COc1cc(NS(=O)(=O)c2ccc3c(c2)C(=O)NC3=O)c(C(N)=O)cc1OC. The minimum Gasteiger partial charge on any atom is -0.493 e. The first-order chi connectivity index (χ1) is 13.2. The molecule has 1 aliphatic rings. The molecule has 0 aliphatic carbocycles. The Balaban J connectivity index is 2.06.